The molecule has 5 nitrogen and oxygen atoms in total. The van der Waals surface area contributed by atoms with E-state index in [1.54, 1.807) is 0 Å². The number of rotatable bonds is 2. The monoisotopic (exact) mass is 358 g/mol. The van der Waals surface area contributed by atoms with Crippen LogP contribution in [0.2, 0.25) is 0 Å². The number of benzene rings is 2. The van der Waals surface area contributed by atoms with Crippen molar-refractivity contribution in [3.05, 3.63) is 65.5 Å². The van der Waals surface area contributed by atoms with E-state index in [2.05, 4.69) is 45.6 Å². The van der Waals surface area contributed by atoms with Gasteiger partial charge in [-0.15, -0.1) is 0 Å². The lowest BCUT2D eigenvalue weighted by molar-refractivity contribution is 0.0709. The van der Waals surface area contributed by atoms with Crippen molar-refractivity contribution in [1.82, 2.24) is 20.1 Å². The molecule has 27 heavy (non-hydrogen) atoms. The van der Waals surface area contributed by atoms with Gasteiger partial charge in [0.25, 0.3) is 5.91 Å². The number of aryl methyl sites for hydroxylation is 1. The number of piperidine rings is 1. The Labute approximate surface area is 157 Å². The van der Waals surface area contributed by atoms with E-state index in [1.807, 2.05) is 30.0 Å². The summed E-state index contributed by atoms with van der Waals surface area (Å²) in [5.74, 6) is 0.521. The number of fused-ring (bicyclic) bond motifs is 2. The van der Waals surface area contributed by atoms with Crippen molar-refractivity contribution in [2.75, 3.05) is 13.1 Å². The number of para-hydroxylation sites is 1. The first-order chi connectivity index (χ1) is 13.2. The van der Waals surface area contributed by atoms with Crippen molar-refractivity contribution in [2.24, 2.45) is 0 Å². The van der Waals surface area contributed by atoms with Gasteiger partial charge in [-0.25, -0.2) is 0 Å². The van der Waals surface area contributed by atoms with Crippen LogP contribution in [0, 0.1) is 6.92 Å². The van der Waals surface area contributed by atoms with E-state index in [-0.39, 0.29) is 5.91 Å². The molecule has 1 saturated heterocycles. The molecule has 0 unspecified atom stereocenters. The molecule has 1 aliphatic rings. The van der Waals surface area contributed by atoms with Gasteiger partial charge in [-0.3, -0.25) is 9.89 Å². The third kappa shape index (κ3) is 2.70. The van der Waals surface area contributed by atoms with E-state index in [9.17, 15) is 4.79 Å². The molecule has 0 saturated carbocycles. The van der Waals surface area contributed by atoms with Gasteiger partial charge in [0.1, 0.15) is 0 Å². The quantitative estimate of drug-likeness (QED) is 0.559. The van der Waals surface area contributed by atoms with Gasteiger partial charge < -0.3 is 9.88 Å². The minimum atomic E-state index is 0.0317. The second-order valence-electron chi connectivity index (χ2n) is 7.48. The maximum atomic E-state index is 13.0. The molecule has 2 aromatic carbocycles. The average molecular weight is 358 g/mol. The Morgan fingerprint density at radius 2 is 1.89 bits per heavy atom. The van der Waals surface area contributed by atoms with Crippen LogP contribution in [-0.2, 0) is 0 Å². The Morgan fingerprint density at radius 1 is 1.07 bits per heavy atom. The van der Waals surface area contributed by atoms with E-state index in [1.165, 1.54) is 16.5 Å². The summed E-state index contributed by atoms with van der Waals surface area (Å²) in [6, 6.07) is 14.5. The Hall–Kier alpha value is -3.08. The summed E-state index contributed by atoms with van der Waals surface area (Å²) in [5, 5.41) is 9.50. The molecule has 0 spiro atoms. The fourth-order valence-corrected chi connectivity index (χ4v) is 4.27. The smallest absolute Gasteiger partial charge is 0.274 e. The van der Waals surface area contributed by atoms with E-state index in [0.717, 1.165) is 42.4 Å². The van der Waals surface area contributed by atoms with Gasteiger partial charge in [0.05, 0.1) is 5.52 Å². The first-order valence-electron chi connectivity index (χ1n) is 9.51. The predicted molar refractivity (Wildman–Crippen MR) is 107 cm³/mol. The van der Waals surface area contributed by atoms with Gasteiger partial charge in [0.15, 0.2) is 5.69 Å². The Kier molecular flexibility index (Phi) is 3.74. The molecule has 1 aliphatic heterocycles. The average Bonchev–Trinajstić information content (AvgIpc) is 3.31. The zero-order chi connectivity index (χ0) is 18.4. The molecule has 0 bridgehead atoms. The van der Waals surface area contributed by atoms with Gasteiger partial charge in [0.2, 0.25) is 0 Å². The summed E-state index contributed by atoms with van der Waals surface area (Å²) in [7, 11) is 0. The number of carbonyl (C=O) groups is 1. The molecular formula is C22H22N4O. The Balaban J connectivity index is 1.35. The van der Waals surface area contributed by atoms with Crippen molar-refractivity contribution in [3.8, 4) is 0 Å². The first-order valence-corrected chi connectivity index (χ1v) is 9.51. The standard InChI is InChI=1S/C22H22N4O/c1-14-6-7-20-17(12-14)21(25-24-20)22(27)26-10-8-15(9-11-26)18-13-23-19-5-3-2-4-16(18)19/h2-7,12-13,15,23H,8-11H2,1H3,(H,24,25). The molecule has 0 radical (unpaired) electrons. The largest absolute Gasteiger partial charge is 0.361 e. The molecule has 5 heteroatoms. The van der Waals surface area contributed by atoms with Crippen molar-refractivity contribution >= 4 is 27.7 Å². The highest BCUT2D eigenvalue weighted by molar-refractivity contribution is 6.04. The Morgan fingerprint density at radius 3 is 2.74 bits per heavy atom. The van der Waals surface area contributed by atoms with Crippen molar-refractivity contribution in [1.29, 1.82) is 0 Å². The van der Waals surface area contributed by atoms with Crippen LogP contribution in [0.25, 0.3) is 21.8 Å². The van der Waals surface area contributed by atoms with Gasteiger partial charge in [-0.1, -0.05) is 29.8 Å². The van der Waals surface area contributed by atoms with Gasteiger partial charge in [-0.05, 0) is 49.4 Å². The lowest BCUT2D eigenvalue weighted by Gasteiger charge is -2.31. The zero-order valence-electron chi connectivity index (χ0n) is 15.3. The summed E-state index contributed by atoms with van der Waals surface area (Å²) in [5.41, 5.74) is 5.15. The van der Waals surface area contributed by atoms with E-state index in [4.69, 9.17) is 0 Å². The number of likely N-dealkylation sites (tertiary alicyclic amines) is 1. The maximum absolute atomic E-state index is 13.0. The van der Waals surface area contributed by atoms with Gasteiger partial charge in [0, 0.05) is 35.6 Å². The third-order valence-electron chi connectivity index (χ3n) is 5.76. The van der Waals surface area contributed by atoms with E-state index >= 15 is 0 Å². The molecular weight excluding hydrogens is 336 g/mol. The van der Waals surface area contributed by atoms with Crippen LogP contribution in [0.3, 0.4) is 0 Å². The maximum Gasteiger partial charge on any atom is 0.274 e. The van der Waals surface area contributed by atoms with Crippen LogP contribution in [0.15, 0.2) is 48.7 Å². The molecule has 2 aromatic heterocycles. The minimum absolute atomic E-state index is 0.0317. The minimum Gasteiger partial charge on any atom is -0.361 e. The van der Waals surface area contributed by atoms with Gasteiger partial charge in [-0.2, -0.15) is 5.10 Å². The summed E-state index contributed by atoms with van der Waals surface area (Å²) < 4.78 is 0. The predicted octanol–water partition coefficient (Wildman–Crippen LogP) is 4.37. The molecule has 136 valence electrons. The highest BCUT2D eigenvalue weighted by Gasteiger charge is 2.28. The molecule has 0 aliphatic carbocycles. The van der Waals surface area contributed by atoms with Crippen LogP contribution in [0.4, 0.5) is 0 Å². The lowest BCUT2D eigenvalue weighted by Crippen LogP contribution is -2.38. The topological polar surface area (TPSA) is 64.8 Å². The number of carbonyl (C=O) groups excluding carboxylic acids is 1. The number of H-pyrrole nitrogens is 2. The molecule has 0 atom stereocenters. The number of hydrogen-bond donors (Lipinski definition) is 2. The molecule has 5 rings (SSSR count). The number of aromatic amines is 2. The highest BCUT2D eigenvalue weighted by atomic mass is 16.2. The molecule has 4 aromatic rings. The molecule has 1 amide bonds. The number of nitrogens with zero attached hydrogens (tertiary/aromatic N) is 2. The van der Waals surface area contributed by atoms with Crippen LogP contribution in [0.1, 0.15) is 40.4 Å². The SMILES string of the molecule is Cc1ccc2[nH]nc(C(=O)N3CCC(c4c[nH]c5ccccc45)CC3)c2c1. The van der Waals surface area contributed by atoms with Crippen molar-refractivity contribution < 1.29 is 4.79 Å². The Bertz CT molecular complexity index is 1130. The normalized spacial score (nSPS) is 15.7. The number of amides is 1. The molecule has 2 N–H and O–H groups in total. The first kappa shape index (κ1) is 16.1. The van der Waals surface area contributed by atoms with Crippen molar-refractivity contribution in [3.63, 3.8) is 0 Å². The number of hydrogen-bond acceptors (Lipinski definition) is 2. The fraction of sp³-hybridized carbons (Fsp3) is 0.273. The van der Waals surface area contributed by atoms with E-state index in [0.29, 0.717) is 11.6 Å². The molecule has 1 fully saturated rings. The van der Waals surface area contributed by atoms with Crippen molar-refractivity contribution in [2.45, 2.75) is 25.7 Å². The van der Waals surface area contributed by atoms with Crippen LogP contribution in [0.5, 0.6) is 0 Å². The van der Waals surface area contributed by atoms with Crippen LogP contribution < -0.4 is 0 Å². The lowest BCUT2D eigenvalue weighted by atomic mass is 9.89. The summed E-state index contributed by atoms with van der Waals surface area (Å²) >= 11 is 0. The van der Waals surface area contributed by atoms with Crippen LogP contribution in [-0.4, -0.2) is 39.1 Å². The second-order valence-corrected chi connectivity index (χ2v) is 7.48. The fourth-order valence-electron chi connectivity index (χ4n) is 4.27. The van der Waals surface area contributed by atoms with E-state index < -0.39 is 0 Å². The summed E-state index contributed by atoms with van der Waals surface area (Å²) in [4.78, 5) is 18.3. The third-order valence-corrected chi connectivity index (χ3v) is 5.76. The summed E-state index contributed by atoms with van der Waals surface area (Å²) in [6.45, 7) is 3.57. The highest BCUT2D eigenvalue weighted by Crippen LogP contribution is 2.33. The van der Waals surface area contributed by atoms with Crippen LogP contribution >= 0.6 is 0 Å². The summed E-state index contributed by atoms with van der Waals surface area (Å²) in [6.07, 6.45) is 4.10. The zero-order valence-corrected chi connectivity index (χ0v) is 15.3. The van der Waals surface area contributed by atoms with Gasteiger partial charge >= 0.3 is 0 Å². The number of nitrogens with one attached hydrogen (secondary N) is 2. The second kappa shape index (κ2) is 6.27. The molecule has 3 heterocycles. The number of aromatic nitrogens is 3.